The third-order valence-corrected chi connectivity index (χ3v) is 5.52. The Hall–Kier alpha value is -3.49. The average molecular weight is 460 g/mol. The number of benzene rings is 2. The van der Waals surface area contributed by atoms with Crippen molar-refractivity contribution in [1.29, 1.82) is 0 Å². The maximum atomic E-state index is 13.5. The molecule has 33 heavy (non-hydrogen) atoms. The van der Waals surface area contributed by atoms with Crippen molar-refractivity contribution < 1.29 is 33.0 Å². The highest BCUT2D eigenvalue weighted by Crippen LogP contribution is 2.44. The van der Waals surface area contributed by atoms with E-state index in [9.17, 15) is 23.2 Å². The molecule has 0 fully saturated rings. The molecule has 0 radical (unpaired) electrons. The highest BCUT2D eigenvalue weighted by atomic mass is 19.3. The number of rotatable bonds is 10. The molecule has 9 heteroatoms. The summed E-state index contributed by atoms with van der Waals surface area (Å²) in [6, 6.07) is 13.6. The Kier molecular flexibility index (Phi) is 7.97. The van der Waals surface area contributed by atoms with Crippen LogP contribution in [0.25, 0.3) is 11.1 Å². The monoisotopic (exact) mass is 460 g/mol. The van der Waals surface area contributed by atoms with Crippen LogP contribution >= 0.6 is 0 Å². The SMILES string of the molecule is CCCN(CC(=O)O)C(=O)CC(NC(=O)OCC1c2ccccc2-c2ccccc21)C(F)F. The zero-order valence-corrected chi connectivity index (χ0v) is 18.2. The van der Waals surface area contributed by atoms with E-state index in [1.165, 1.54) is 0 Å². The Labute approximate surface area is 190 Å². The van der Waals surface area contributed by atoms with Gasteiger partial charge in [-0.3, -0.25) is 9.59 Å². The van der Waals surface area contributed by atoms with E-state index in [1.54, 1.807) is 6.92 Å². The molecule has 2 aromatic rings. The summed E-state index contributed by atoms with van der Waals surface area (Å²) in [5, 5.41) is 11.0. The molecular formula is C24H26F2N2O5. The van der Waals surface area contributed by atoms with E-state index < -0.39 is 43.4 Å². The lowest BCUT2D eigenvalue weighted by Crippen LogP contribution is -2.46. The summed E-state index contributed by atoms with van der Waals surface area (Å²) in [6.07, 6.45) is -4.34. The van der Waals surface area contributed by atoms with Crippen LogP contribution in [0.2, 0.25) is 0 Å². The molecule has 0 saturated heterocycles. The summed E-state index contributed by atoms with van der Waals surface area (Å²) in [7, 11) is 0. The number of carboxylic acid groups (broad SMARTS) is 1. The number of halogens is 2. The van der Waals surface area contributed by atoms with Crippen LogP contribution < -0.4 is 5.32 Å². The first-order valence-corrected chi connectivity index (χ1v) is 10.7. The van der Waals surface area contributed by atoms with Gasteiger partial charge in [0.1, 0.15) is 19.2 Å². The van der Waals surface area contributed by atoms with E-state index in [4.69, 9.17) is 9.84 Å². The minimum absolute atomic E-state index is 0.0509. The minimum Gasteiger partial charge on any atom is -0.480 e. The highest BCUT2D eigenvalue weighted by molar-refractivity contribution is 5.82. The highest BCUT2D eigenvalue weighted by Gasteiger charge is 2.31. The van der Waals surface area contributed by atoms with Crippen molar-refractivity contribution in [3.05, 3.63) is 59.7 Å². The lowest BCUT2D eigenvalue weighted by Gasteiger charge is -2.24. The Morgan fingerprint density at radius 2 is 1.64 bits per heavy atom. The van der Waals surface area contributed by atoms with Crippen LogP contribution in [0.15, 0.2) is 48.5 Å². The normalized spacial score (nSPS) is 13.2. The fourth-order valence-corrected chi connectivity index (χ4v) is 4.04. The smallest absolute Gasteiger partial charge is 0.407 e. The van der Waals surface area contributed by atoms with E-state index in [2.05, 4.69) is 5.32 Å². The second kappa shape index (κ2) is 10.9. The van der Waals surface area contributed by atoms with Crippen molar-refractivity contribution in [2.45, 2.75) is 38.2 Å². The predicted octanol–water partition coefficient (Wildman–Crippen LogP) is 3.87. The largest absolute Gasteiger partial charge is 0.480 e. The quantitative estimate of drug-likeness (QED) is 0.561. The first kappa shape index (κ1) is 24.2. The maximum Gasteiger partial charge on any atom is 0.407 e. The molecule has 0 spiro atoms. The summed E-state index contributed by atoms with van der Waals surface area (Å²) in [6.45, 7) is 1.21. The zero-order chi connectivity index (χ0) is 24.0. The number of hydrogen-bond donors (Lipinski definition) is 2. The number of nitrogens with one attached hydrogen (secondary N) is 1. The first-order chi connectivity index (χ1) is 15.8. The molecule has 3 rings (SSSR count). The molecule has 0 aliphatic heterocycles. The molecule has 2 amide bonds. The average Bonchev–Trinajstić information content (AvgIpc) is 3.10. The van der Waals surface area contributed by atoms with E-state index in [0.717, 1.165) is 27.2 Å². The number of hydrogen-bond acceptors (Lipinski definition) is 4. The molecule has 1 unspecified atom stereocenters. The summed E-state index contributed by atoms with van der Waals surface area (Å²) in [5.41, 5.74) is 4.03. The van der Waals surface area contributed by atoms with Crippen molar-refractivity contribution in [1.82, 2.24) is 10.2 Å². The van der Waals surface area contributed by atoms with Gasteiger partial charge in [0, 0.05) is 12.5 Å². The van der Waals surface area contributed by atoms with Gasteiger partial charge in [-0.05, 0) is 28.7 Å². The van der Waals surface area contributed by atoms with Crippen molar-refractivity contribution in [3.8, 4) is 11.1 Å². The van der Waals surface area contributed by atoms with Gasteiger partial charge >= 0.3 is 12.1 Å². The molecular weight excluding hydrogens is 434 g/mol. The zero-order valence-electron chi connectivity index (χ0n) is 18.2. The van der Waals surface area contributed by atoms with Crippen LogP contribution in [0.4, 0.5) is 13.6 Å². The molecule has 1 atom stereocenters. The number of aliphatic carboxylic acids is 1. The van der Waals surface area contributed by atoms with Crippen LogP contribution in [0.1, 0.15) is 36.8 Å². The molecule has 0 aromatic heterocycles. The van der Waals surface area contributed by atoms with Gasteiger partial charge in [-0.15, -0.1) is 0 Å². The second-order valence-corrected chi connectivity index (χ2v) is 7.82. The number of carbonyl (C=O) groups is 3. The fourth-order valence-electron chi connectivity index (χ4n) is 4.04. The lowest BCUT2D eigenvalue weighted by atomic mass is 9.98. The molecule has 0 saturated carbocycles. The van der Waals surface area contributed by atoms with Gasteiger partial charge in [-0.25, -0.2) is 13.6 Å². The minimum atomic E-state index is -3.03. The van der Waals surface area contributed by atoms with Crippen LogP contribution in [0, 0.1) is 0 Å². The predicted molar refractivity (Wildman–Crippen MR) is 117 cm³/mol. The summed E-state index contributed by atoms with van der Waals surface area (Å²) in [4.78, 5) is 36.6. The van der Waals surface area contributed by atoms with E-state index >= 15 is 0 Å². The number of alkyl halides is 2. The van der Waals surface area contributed by atoms with Gasteiger partial charge in [0.25, 0.3) is 6.43 Å². The number of nitrogens with zero attached hydrogens (tertiary/aromatic N) is 1. The van der Waals surface area contributed by atoms with Crippen molar-refractivity contribution in [3.63, 3.8) is 0 Å². The van der Waals surface area contributed by atoms with Crippen molar-refractivity contribution in [2.75, 3.05) is 19.7 Å². The maximum absolute atomic E-state index is 13.5. The summed E-state index contributed by atoms with van der Waals surface area (Å²) < 4.78 is 32.3. The summed E-state index contributed by atoms with van der Waals surface area (Å²) in [5.74, 6) is -2.25. The van der Waals surface area contributed by atoms with E-state index in [-0.39, 0.29) is 19.1 Å². The number of ether oxygens (including phenoxy) is 1. The molecule has 176 valence electrons. The van der Waals surface area contributed by atoms with E-state index in [0.29, 0.717) is 6.42 Å². The van der Waals surface area contributed by atoms with Crippen LogP contribution in [-0.2, 0) is 14.3 Å². The van der Waals surface area contributed by atoms with E-state index in [1.807, 2.05) is 48.5 Å². The molecule has 1 aliphatic rings. The van der Waals surface area contributed by atoms with Gasteiger partial charge < -0.3 is 20.1 Å². The first-order valence-electron chi connectivity index (χ1n) is 10.7. The molecule has 0 bridgehead atoms. The number of fused-ring (bicyclic) bond motifs is 3. The number of carbonyl (C=O) groups excluding carboxylic acids is 2. The molecule has 7 nitrogen and oxygen atoms in total. The molecule has 0 heterocycles. The van der Waals surface area contributed by atoms with Crippen LogP contribution in [0.5, 0.6) is 0 Å². The lowest BCUT2D eigenvalue weighted by molar-refractivity contribution is -0.145. The van der Waals surface area contributed by atoms with Gasteiger partial charge in [0.15, 0.2) is 0 Å². The van der Waals surface area contributed by atoms with Crippen molar-refractivity contribution >= 4 is 18.0 Å². The van der Waals surface area contributed by atoms with Gasteiger partial charge in [0.2, 0.25) is 5.91 Å². The second-order valence-electron chi connectivity index (χ2n) is 7.82. The number of amides is 2. The number of alkyl carbamates (subject to hydrolysis) is 1. The standard InChI is InChI=1S/C24H26F2N2O5/c1-2-11-28(13-22(30)31)21(29)12-20(23(25)26)27-24(32)33-14-19-17-9-5-3-7-15(17)16-8-4-6-10-18(16)19/h3-10,19-20,23H,2,11-14H2,1H3,(H,27,32)(H,30,31). The van der Waals surface area contributed by atoms with Gasteiger partial charge in [-0.1, -0.05) is 55.5 Å². The molecule has 2 N–H and O–H groups in total. The third-order valence-electron chi connectivity index (χ3n) is 5.52. The third kappa shape index (κ3) is 5.85. The summed E-state index contributed by atoms with van der Waals surface area (Å²) >= 11 is 0. The topological polar surface area (TPSA) is 95.9 Å². The fraction of sp³-hybridized carbons (Fsp3) is 0.375. The van der Waals surface area contributed by atoms with Gasteiger partial charge in [0.05, 0.1) is 6.42 Å². The van der Waals surface area contributed by atoms with Gasteiger partial charge in [-0.2, -0.15) is 0 Å². The molecule has 1 aliphatic carbocycles. The van der Waals surface area contributed by atoms with Crippen LogP contribution in [-0.4, -0.2) is 60.1 Å². The molecule has 2 aromatic carbocycles. The Balaban J connectivity index is 1.63. The van der Waals surface area contributed by atoms with Crippen molar-refractivity contribution in [2.24, 2.45) is 0 Å². The number of carboxylic acids is 1. The Morgan fingerprint density at radius 3 is 2.15 bits per heavy atom. The Morgan fingerprint density at radius 1 is 1.06 bits per heavy atom. The van der Waals surface area contributed by atoms with Crippen LogP contribution in [0.3, 0.4) is 0 Å². The Bertz CT molecular complexity index is 968.